The van der Waals surface area contributed by atoms with E-state index >= 15 is 0 Å². The molecule has 2 N–H and O–H groups in total. The summed E-state index contributed by atoms with van der Waals surface area (Å²) in [7, 11) is 1.82. The molecule has 3 fully saturated rings. The highest BCUT2D eigenvalue weighted by Gasteiger charge is 2.50. The maximum atomic E-state index is 13.2. The summed E-state index contributed by atoms with van der Waals surface area (Å²) in [6, 6.07) is 0.130. The summed E-state index contributed by atoms with van der Waals surface area (Å²) in [6.45, 7) is 4.88. The number of likely N-dealkylation sites (tertiary alicyclic amines) is 1. The molecule has 1 aromatic heterocycles. The molecular weight excluding hydrogens is 402 g/mol. The number of fused-ring (bicyclic) bond motifs is 4. The van der Waals surface area contributed by atoms with Crippen LogP contribution in [-0.2, 0) is 21.4 Å². The fourth-order valence-corrected chi connectivity index (χ4v) is 5.43. The van der Waals surface area contributed by atoms with E-state index in [2.05, 4.69) is 15.3 Å². The van der Waals surface area contributed by atoms with E-state index in [1.807, 2.05) is 18.9 Å². The number of rotatable bonds is 3. The molecule has 170 valence electrons. The molecule has 2 bridgehead atoms. The van der Waals surface area contributed by atoms with Gasteiger partial charge in [0.05, 0.1) is 17.3 Å². The van der Waals surface area contributed by atoms with Crippen molar-refractivity contribution in [1.29, 1.82) is 0 Å². The zero-order valence-electron chi connectivity index (χ0n) is 18.3. The third-order valence-corrected chi connectivity index (χ3v) is 6.59. The zero-order chi connectivity index (χ0) is 22.7. The van der Waals surface area contributed by atoms with Gasteiger partial charge in [-0.1, -0.05) is 0 Å². The number of nitrogens with one attached hydrogen (secondary N) is 1. The first-order valence-electron chi connectivity index (χ1n) is 10.7. The van der Waals surface area contributed by atoms with Crippen molar-refractivity contribution in [3.05, 3.63) is 17.5 Å². The average Bonchev–Trinajstić information content (AvgIpc) is 3.06. The molecule has 31 heavy (non-hydrogen) atoms. The van der Waals surface area contributed by atoms with Crippen molar-refractivity contribution in [2.45, 2.75) is 51.6 Å². The molecule has 3 aliphatic rings. The Morgan fingerprint density at radius 2 is 2.00 bits per heavy atom. The van der Waals surface area contributed by atoms with Crippen LogP contribution in [0.2, 0.25) is 0 Å². The number of hydrogen-bond donors (Lipinski definition) is 2. The van der Waals surface area contributed by atoms with Gasteiger partial charge in [0, 0.05) is 52.3 Å². The highest BCUT2D eigenvalue weighted by atomic mass is 16.3. The van der Waals surface area contributed by atoms with Gasteiger partial charge in [0.1, 0.15) is 0 Å². The lowest BCUT2D eigenvalue weighted by atomic mass is 9.72. The van der Waals surface area contributed by atoms with Crippen LogP contribution in [0.4, 0.5) is 0 Å². The van der Waals surface area contributed by atoms with Crippen molar-refractivity contribution >= 4 is 24.2 Å². The Kier molecular flexibility index (Phi) is 6.97. The maximum Gasteiger partial charge on any atom is 0.290 e. The number of aromatic nitrogens is 2. The van der Waals surface area contributed by atoms with Crippen molar-refractivity contribution in [2.75, 3.05) is 19.6 Å². The molecule has 3 aliphatic heterocycles. The van der Waals surface area contributed by atoms with Crippen LogP contribution in [0.3, 0.4) is 0 Å². The SMILES string of the molecule is CC(=O)NC[C@H]1[C@H]2C[C@H](CN(C(=O)c3cn(C)nc3C)C2)[C@@H]2CCCC(=O)N21.O=CO. The third kappa shape index (κ3) is 4.72. The molecule has 0 unspecified atom stereocenters. The molecule has 3 amide bonds. The van der Waals surface area contributed by atoms with Gasteiger partial charge in [-0.05, 0) is 38.0 Å². The highest BCUT2D eigenvalue weighted by Crippen LogP contribution is 2.41. The van der Waals surface area contributed by atoms with Crippen LogP contribution in [-0.4, -0.2) is 80.6 Å². The van der Waals surface area contributed by atoms with Gasteiger partial charge in [-0.2, -0.15) is 5.10 Å². The first-order valence-corrected chi connectivity index (χ1v) is 10.7. The molecule has 0 radical (unpaired) electrons. The number of carbonyl (C=O) groups is 4. The van der Waals surface area contributed by atoms with Crippen LogP contribution in [0, 0.1) is 18.8 Å². The van der Waals surface area contributed by atoms with Gasteiger partial charge >= 0.3 is 0 Å². The summed E-state index contributed by atoms with van der Waals surface area (Å²) in [6.07, 6.45) is 5.27. The third-order valence-electron chi connectivity index (χ3n) is 6.59. The van der Waals surface area contributed by atoms with E-state index in [0.29, 0.717) is 37.5 Å². The van der Waals surface area contributed by atoms with Crippen molar-refractivity contribution in [3.63, 3.8) is 0 Å². The molecule has 4 rings (SSSR count). The molecule has 4 heterocycles. The van der Waals surface area contributed by atoms with E-state index in [9.17, 15) is 14.4 Å². The lowest BCUT2D eigenvalue weighted by Crippen LogP contribution is -2.67. The number of carboxylic acid groups (broad SMARTS) is 1. The summed E-state index contributed by atoms with van der Waals surface area (Å²) in [5.41, 5.74) is 1.39. The van der Waals surface area contributed by atoms with Crippen LogP contribution < -0.4 is 5.32 Å². The van der Waals surface area contributed by atoms with Gasteiger partial charge in [-0.3, -0.25) is 23.9 Å². The number of carbonyl (C=O) groups excluding carboxylic acids is 3. The van der Waals surface area contributed by atoms with Gasteiger partial charge in [0.2, 0.25) is 11.8 Å². The topological polar surface area (TPSA) is 125 Å². The Hall–Kier alpha value is -2.91. The molecule has 1 aromatic rings. The van der Waals surface area contributed by atoms with Gasteiger partial charge < -0.3 is 20.2 Å². The van der Waals surface area contributed by atoms with E-state index in [0.717, 1.165) is 25.0 Å². The fraction of sp³-hybridized carbons (Fsp3) is 0.667. The number of amides is 3. The fourth-order valence-electron chi connectivity index (χ4n) is 5.43. The number of aryl methyl sites for hydroxylation is 2. The number of nitrogens with zero attached hydrogens (tertiary/aromatic N) is 4. The Bertz CT molecular complexity index is 853. The Labute approximate surface area is 181 Å². The molecule has 4 atom stereocenters. The lowest BCUT2D eigenvalue weighted by Gasteiger charge is -2.56. The van der Waals surface area contributed by atoms with Crippen molar-refractivity contribution in [3.8, 4) is 0 Å². The molecular formula is C21H31N5O5. The van der Waals surface area contributed by atoms with Gasteiger partial charge in [-0.25, -0.2) is 0 Å². The number of hydrogen-bond acceptors (Lipinski definition) is 5. The predicted molar refractivity (Wildman–Crippen MR) is 111 cm³/mol. The van der Waals surface area contributed by atoms with E-state index in [1.54, 1.807) is 10.9 Å². The lowest BCUT2D eigenvalue weighted by molar-refractivity contribution is -0.151. The normalized spacial score (nSPS) is 27.0. The predicted octanol–water partition coefficient (Wildman–Crippen LogP) is 0.407. The average molecular weight is 434 g/mol. The van der Waals surface area contributed by atoms with Crippen molar-refractivity contribution in [1.82, 2.24) is 24.9 Å². The second kappa shape index (κ2) is 9.49. The van der Waals surface area contributed by atoms with Crippen molar-refractivity contribution in [2.24, 2.45) is 18.9 Å². The zero-order valence-corrected chi connectivity index (χ0v) is 18.3. The molecule has 0 aromatic carbocycles. The molecule has 0 aliphatic carbocycles. The first kappa shape index (κ1) is 22.8. The molecule has 0 saturated carbocycles. The summed E-state index contributed by atoms with van der Waals surface area (Å²) in [4.78, 5) is 49.8. The second-order valence-corrected chi connectivity index (χ2v) is 8.64. The van der Waals surface area contributed by atoms with E-state index < -0.39 is 0 Å². The summed E-state index contributed by atoms with van der Waals surface area (Å²) in [5, 5.41) is 14.1. The van der Waals surface area contributed by atoms with Gasteiger partial charge in [-0.15, -0.1) is 0 Å². The second-order valence-electron chi connectivity index (χ2n) is 8.64. The largest absolute Gasteiger partial charge is 0.483 e. The van der Waals surface area contributed by atoms with Crippen LogP contribution in [0.15, 0.2) is 6.20 Å². The summed E-state index contributed by atoms with van der Waals surface area (Å²) < 4.78 is 1.68. The van der Waals surface area contributed by atoms with E-state index in [4.69, 9.17) is 9.90 Å². The Morgan fingerprint density at radius 3 is 2.61 bits per heavy atom. The first-order chi connectivity index (χ1) is 14.8. The van der Waals surface area contributed by atoms with Gasteiger partial charge in [0.25, 0.3) is 12.4 Å². The standard InChI is InChI=1S/C20H29N5O3.CH2O2/c1-12-16(11-23(3)22-12)20(28)24-9-14-7-15(10-24)18(8-21-13(2)26)25-17(14)5-4-6-19(25)27;2-1-3/h11,14-15,17-18H,4-10H2,1-3H3,(H,21,26);1H,(H,2,3)/t14-,15+,17+,18+;/m1./s1. The maximum absolute atomic E-state index is 13.2. The van der Waals surface area contributed by atoms with Crippen molar-refractivity contribution < 1.29 is 24.3 Å². The van der Waals surface area contributed by atoms with E-state index in [-0.39, 0.29) is 42.2 Å². The van der Waals surface area contributed by atoms with Crippen LogP contribution in [0.1, 0.15) is 48.7 Å². The Balaban J connectivity index is 0.000000858. The van der Waals surface area contributed by atoms with E-state index in [1.165, 1.54) is 6.92 Å². The summed E-state index contributed by atoms with van der Waals surface area (Å²) >= 11 is 0. The smallest absolute Gasteiger partial charge is 0.290 e. The Morgan fingerprint density at radius 1 is 1.32 bits per heavy atom. The van der Waals surface area contributed by atoms with Crippen LogP contribution in [0.5, 0.6) is 0 Å². The number of piperidine rings is 3. The minimum atomic E-state index is -0.250. The van der Waals surface area contributed by atoms with Crippen LogP contribution >= 0.6 is 0 Å². The van der Waals surface area contributed by atoms with Crippen LogP contribution in [0.25, 0.3) is 0 Å². The minimum Gasteiger partial charge on any atom is -0.483 e. The van der Waals surface area contributed by atoms with Gasteiger partial charge in [0.15, 0.2) is 0 Å². The molecule has 10 nitrogen and oxygen atoms in total. The minimum absolute atomic E-state index is 0.0224. The highest BCUT2D eigenvalue weighted by molar-refractivity contribution is 5.95. The molecule has 10 heteroatoms. The summed E-state index contributed by atoms with van der Waals surface area (Å²) in [5.74, 6) is 0.624. The molecule has 0 spiro atoms. The molecule has 3 saturated heterocycles. The quantitative estimate of drug-likeness (QED) is 0.665. The monoisotopic (exact) mass is 433 g/mol.